The van der Waals surface area contributed by atoms with Gasteiger partial charge in [-0.2, -0.15) is 5.10 Å². The number of halogens is 1. The molecule has 1 heterocycles. The molecule has 0 fully saturated rings. The van der Waals surface area contributed by atoms with Gasteiger partial charge in [0.2, 0.25) is 0 Å². The number of aryl methyl sites for hydroxylation is 2. The molecule has 78 valence electrons. The topological polar surface area (TPSA) is 34.9 Å². The highest BCUT2D eigenvalue weighted by atomic mass is 35.5. The summed E-state index contributed by atoms with van der Waals surface area (Å²) in [4.78, 5) is 11.5. The zero-order valence-electron chi connectivity index (χ0n) is 8.97. The summed E-state index contributed by atoms with van der Waals surface area (Å²) in [5.74, 6) is 0.233. The lowest BCUT2D eigenvalue weighted by atomic mass is 10.0. The monoisotopic (exact) mass is 214 g/mol. The standard InChI is InChI=1S/C10H15ClN2O/c1-6(2)9(14)5-8-10(11)7(3)12-13(8)4/h6H,5H2,1-4H3. The van der Waals surface area contributed by atoms with Crippen LogP contribution in [0.4, 0.5) is 0 Å². The van der Waals surface area contributed by atoms with Crippen LogP contribution in [-0.4, -0.2) is 15.6 Å². The van der Waals surface area contributed by atoms with Gasteiger partial charge in [0.15, 0.2) is 0 Å². The zero-order chi connectivity index (χ0) is 10.9. The third-order valence-electron chi connectivity index (χ3n) is 2.25. The van der Waals surface area contributed by atoms with Crippen molar-refractivity contribution in [3.8, 4) is 0 Å². The molecule has 0 aliphatic carbocycles. The number of aromatic nitrogens is 2. The van der Waals surface area contributed by atoms with Gasteiger partial charge in [0.05, 0.1) is 22.8 Å². The first-order chi connectivity index (χ1) is 6.43. The van der Waals surface area contributed by atoms with E-state index >= 15 is 0 Å². The van der Waals surface area contributed by atoms with Gasteiger partial charge in [-0.15, -0.1) is 0 Å². The van der Waals surface area contributed by atoms with E-state index in [4.69, 9.17) is 11.6 Å². The number of carbonyl (C=O) groups is 1. The molecular weight excluding hydrogens is 200 g/mol. The molecule has 0 aliphatic heterocycles. The van der Waals surface area contributed by atoms with Gasteiger partial charge < -0.3 is 0 Å². The molecule has 1 rings (SSSR count). The van der Waals surface area contributed by atoms with E-state index in [9.17, 15) is 4.79 Å². The van der Waals surface area contributed by atoms with Crippen molar-refractivity contribution < 1.29 is 4.79 Å². The van der Waals surface area contributed by atoms with Gasteiger partial charge in [0, 0.05) is 13.0 Å². The Labute approximate surface area is 89.1 Å². The Bertz CT molecular complexity index is 355. The maximum atomic E-state index is 11.5. The quantitative estimate of drug-likeness (QED) is 0.773. The SMILES string of the molecule is Cc1nn(C)c(CC(=O)C(C)C)c1Cl. The van der Waals surface area contributed by atoms with E-state index in [1.165, 1.54) is 0 Å². The molecule has 0 amide bonds. The molecule has 0 bridgehead atoms. The molecule has 0 unspecified atom stereocenters. The Morgan fingerprint density at radius 3 is 2.50 bits per heavy atom. The van der Waals surface area contributed by atoms with Crippen LogP contribution >= 0.6 is 11.6 Å². The molecule has 0 N–H and O–H groups in total. The Morgan fingerprint density at radius 2 is 2.14 bits per heavy atom. The predicted molar refractivity (Wildman–Crippen MR) is 56.5 cm³/mol. The minimum absolute atomic E-state index is 0.0428. The summed E-state index contributed by atoms with van der Waals surface area (Å²) in [6.07, 6.45) is 0.369. The highest BCUT2D eigenvalue weighted by molar-refractivity contribution is 6.32. The lowest BCUT2D eigenvalue weighted by molar-refractivity contribution is -0.121. The molecule has 1 aromatic heterocycles. The van der Waals surface area contributed by atoms with Crippen molar-refractivity contribution >= 4 is 17.4 Å². The fourth-order valence-electron chi connectivity index (χ4n) is 1.24. The number of carbonyl (C=O) groups excluding carboxylic acids is 1. The molecular formula is C10H15ClN2O. The Hall–Kier alpha value is -0.830. The molecule has 0 radical (unpaired) electrons. The number of ketones is 1. The van der Waals surface area contributed by atoms with Crippen LogP contribution in [0.2, 0.25) is 5.02 Å². The minimum atomic E-state index is 0.0428. The molecule has 0 spiro atoms. The van der Waals surface area contributed by atoms with Gasteiger partial charge in [0.25, 0.3) is 0 Å². The summed E-state index contributed by atoms with van der Waals surface area (Å²) < 4.78 is 1.68. The summed E-state index contributed by atoms with van der Waals surface area (Å²) in [6.45, 7) is 5.62. The van der Waals surface area contributed by atoms with E-state index in [1.807, 2.05) is 27.8 Å². The summed E-state index contributed by atoms with van der Waals surface area (Å²) >= 11 is 6.03. The molecule has 0 saturated heterocycles. The first kappa shape index (κ1) is 11.2. The normalized spacial score (nSPS) is 11.0. The largest absolute Gasteiger partial charge is 0.299 e. The maximum absolute atomic E-state index is 11.5. The smallest absolute Gasteiger partial charge is 0.141 e. The Morgan fingerprint density at radius 1 is 1.57 bits per heavy atom. The second kappa shape index (κ2) is 4.13. The van der Waals surface area contributed by atoms with Crippen molar-refractivity contribution in [2.24, 2.45) is 13.0 Å². The molecule has 14 heavy (non-hydrogen) atoms. The molecule has 4 heteroatoms. The number of nitrogens with zero attached hydrogens (tertiary/aromatic N) is 2. The highest BCUT2D eigenvalue weighted by Crippen LogP contribution is 2.20. The van der Waals surface area contributed by atoms with Gasteiger partial charge >= 0.3 is 0 Å². The van der Waals surface area contributed by atoms with Crippen molar-refractivity contribution in [2.75, 3.05) is 0 Å². The number of hydrogen-bond acceptors (Lipinski definition) is 2. The average Bonchev–Trinajstić information content (AvgIpc) is 2.32. The van der Waals surface area contributed by atoms with E-state index in [1.54, 1.807) is 4.68 Å². The van der Waals surface area contributed by atoms with Crippen LogP contribution in [0.3, 0.4) is 0 Å². The molecule has 0 aromatic carbocycles. The number of rotatable bonds is 3. The second-order valence-electron chi connectivity index (χ2n) is 3.77. The van der Waals surface area contributed by atoms with Crippen LogP contribution in [0.1, 0.15) is 25.2 Å². The van der Waals surface area contributed by atoms with Crippen molar-refractivity contribution in [3.63, 3.8) is 0 Å². The van der Waals surface area contributed by atoms with Crippen LogP contribution in [-0.2, 0) is 18.3 Å². The summed E-state index contributed by atoms with van der Waals surface area (Å²) in [5.41, 5.74) is 1.59. The van der Waals surface area contributed by atoms with Crippen molar-refractivity contribution in [2.45, 2.75) is 27.2 Å². The van der Waals surface area contributed by atoms with Gasteiger partial charge in [-0.1, -0.05) is 25.4 Å². The number of hydrogen-bond donors (Lipinski definition) is 0. The Kier molecular flexibility index (Phi) is 3.32. The first-order valence-electron chi connectivity index (χ1n) is 4.64. The van der Waals surface area contributed by atoms with Gasteiger partial charge in [-0.25, -0.2) is 0 Å². The average molecular weight is 215 g/mol. The molecule has 0 atom stereocenters. The molecule has 3 nitrogen and oxygen atoms in total. The molecule has 0 saturated carbocycles. The molecule has 1 aromatic rings. The van der Waals surface area contributed by atoms with Crippen LogP contribution in [0.15, 0.2) is 0 Å². The van der Waals surface area contributed by atoms with E-state index in [2.05, 4.69) is 5.10 Å². The van der Waals surface area contributed by atoms with Gasteiger partial charge in [0.1, 0.15) is 5.78 Å². The van der Waals surface area contributed by atoms with Gasteiger partial charge in [-0.05, 0) is 6.92 Å². The summed E-state index contributed by atoms with van der Waals surface area (Å²) in [5, 5.41) is 4.77. The van der Waals surface area contributed by atoms with Crippen LogP contribution in [0, 0.1) is 12.8 Å². The van der Waals surface area contributed by atoms with E-state index < -0.39 is 0 Å². The lowest BCUT2D eigenvalue weighted by Gasteiger charge is -2.04. The van der Waals surface area contributed by atoms with Gasteiger partial charge in [-0.3, -0.25) is 9.48 Å². The third kappa shape index (κ3) is 2.15. The lowest BCUT2D eigenvalue weighted by Crippen LogP contribution is -2.13. The third-order valence-corrected chi connectivity index (χ3v) is 2.74. The highest BCUT2D eigenvalue weighted by Gasteiger charge is 2.16. The van der Waals surface area contributed by atoms with E-state index in [0.717, 1.165) is 11.4 Å². The maximum Gasteiger partial charge on any atom is 0.141 e. The van der Waals surface area contributed by atoms with Crippen molar-refractivity contribution in [1.82, 2.24) is 9.78 Å². The van der Waals surface area contributed by atoms with E-state index in [0.29, 0.717) is 11.4 Å². The van der Waals surface area contributed by atoms with E-state index in [-0.39, 0.29) is 11.7 Å². The second-order valence-corrected chi connectivity index (χ2v) is 4.15. The minimum Gasteiger partial charge on any atom is -0.299 e. The Balaban J connectivity index is 2.92. The first-order valence-corrected chi connectivity index (χ1v) is 5.02. The fraction of sp³-hybridized carbons (Fsp3) is 0.600. The van der Waals surface area contributed by atoms with Crippen LogP contribution in [0.25, 0.3) is 0 Å². The number of Topliss-reactive ketones (excluding diaryl/α,β-unsaturated/α-hetero) is 1. The predicted octanol–water partition coefficient (Wildman–Crippen LogP) is 2.15. The van der Waals surface area contributed by atoms with Crippen LogP contribution in [0.5, 0.6) is 0 Å². The fourth-order valence-corrected chi connectivity index (χ4v) is 1.47. The zero-order valence-corrected chi connectivity index (χ0v) is 9.72. The summed E-state index contributed by atoms with van der Waals surface area (Å²) in [7, 11) is 1.81. The van der Waals surface area contributed by atoms with Crippen molar-refractivity contribution in [1.29, 1.82) is 0 Å². The molecule has 0 aliphatic rings. The van der Waals surface area contributed by atoms with Crippen molar-refractivity contribution in [3.05, 3.63) is 16.4 Å². The van der Waals surface area contributed by atoms with Crippen LogP contribution < -0.4 is 0 Å². The summed E-state index contributed by atoms with van der Waals surface area (Å²) in [6, 6.07) is 0.